The Morgan fingerprint density at radius 1 is 1.22 bits per heavy atom. The molecule has 4 nitrogen and oxygen atoms in total. The highest BCUT2D eigenvalue weighted by atomic mass is 35.5. The highest BCUT2D eigenvalue weighted by molar-refractivity contribution is 6.28. The Balaban J connectivity index is 2.07. The summed E-state index contributed by atoms with van der Waals surface area (Å²) >= 11 is 5.70. The van der Waals surface area contributed by atoms with Gasteiger partial charge in [-0.2, -0.15) is 5.10 Å². The molecule has 5 heteroatoms. The third kappa shape index (κ3) is 3.40. The van der Waals surface area contributed by atoms with Crippen molar-refractivity contribution in [2.75, 3.05) is 6.61 Å². The van der Waals surface area contributed by atoms with E-state index in [4.69, 9.17) is 16.3 Å². The zero-order valence-electron chi connectivity index (χ0n) is 10.1. The van der Waals surface area contributed by atoms with Crippen molar-refractivity contribution in [2.24, 2.45) is 0 Å². The summed E-state index contributed by atoms with van der Waals surface area (Å²) in [5.41, 5.74) is 1.64. The van der Waals surface area contributed by atoms with Crippen molar-refractivity contribution in [2.45, 2.75) is 19.8 Å². The monoisotopic (exact) mass is 263 g/mol. The normalized spacial score (nSPS) is 10.3. The molecule has 0 aliphatic rings. The van der Waals surface area contributed by atoms with Gasteiger partial charge in [-0.25, -0.2) is 4.98 Å². The van der Waals surface area contributed by atoms with Gasteiger partial charge in [-0.1, -0.05) is 13.3 Å². The van der Waals surface area contributed by atoms with Crippen LogP contribution in [0, 0.1) is 0 Å². The van der Waals surface area contributed by atoms with E-state index < -0.39 is 0 Å². The van der Waals surface area contributed by atoms with E-state index in [0.717, 1.165) is 30.8 Å². The van der Waals surface area contributed by atoms with Crippen LogP contribution in [0.1, 0.15) is 19.8 Å². The summed E-state index contributed by atoms with van der Waals surface area (Å²) in [6, 6.07) is 7.70. The van der Waals surface area contributed by atoms with Crippen LogP contribution in [0.25, 0.3) is 11.3 Å². The predicted octanol–water partition coefficient (Wildman–Crippen LogP) is 3.37. The number of nitrogens with zero attached hydrogens (tertiary/aromatic N) is 3. The molecule has 0 atom stereocenters. The lowest BCUT2D eigenvalue weighted by molar-refractivity contribution is 0.309. The van der Waals surface area contributed by atoms with Crippen molar-refractivity contribution in [3.8, 4) is 17.0 Å². The maximum absolute atomic E-state index is 5.70. The molecule has 0 fully saturated rings. The summed E-state index contributed by atoms with van der Waals surface area (Å²) in [5.74, 6) is 0.861. The van der Waals surface area contributed by atoms with Crippen molar-refractivity contribution < 1.29 is 4.74 Å². The van der Waals surface area contributed by atoms with Crippen LogP contribution in [0.3, 0.4) is 0 Å². The lowest BCUT2D eigenvalue weighted by Crippen LogP contribution is -1.96. The molecule has 0 saturated carbocycles. The largest absolute Gasteiger partial charge is 0.494 e. The van der Waals surface area contributed by atoms with Crippen molar-refractivity contribution in [3.63, 3.8) is 0 Å². The molecule has 0 saturated heterocycles. The molecule has 0 bridgehead atoms. The van der Waals surface area contributed by atoms with Crippen LogP contribution in [-0.2, 0) is 0 Å². The molecule has 0 aliphatic heterocycles. The molecular weight excluding hydrogens is 250 g/mol. The fourth-order valence-corrected chi connectivity index (χ4v) is 1.61. The molecule has 0 aliphatic carbocycles. The molecule has 0 amide bonds. The Bertz CT molecular complexity index is 502. The Kier molecular flexibility index (Phi) is 4.47. The molecule has 0 N–H and O–H groups in total. The van der Waals surface area contributed by atoms with Crippen LogP contribution >= 0.6 is 11.6 Å². The summed E-state index contributed by atoms with van der Waals surface area (Å²) in [5, 5.41) is 7.53. The number of hydrogen-bond donors (Lipinski definition) is 0. The van der Waals surface area contributed by atoms with Gasteiger partial charge in [0.2, 0.25) is 5.28 Å². The van der Waals surface area contributed by atoms with Gasteiger partial charge in [-0.3, -0.25) is 0 Å². The predicted molar refractivity (Wildman–Crippen MR) is 70.7 cm³/mol. The van der Waals surface area contributed by atoms with E-state index in [9.17, 15) is 0 Å². The molecule has 2 rings (SSSR count). The van der Waals surface area contributed by atoms with Gasteiger partial charge >= 0.3 is 0 Å². The Hall–Kier alpha value is -1.68. The Morgan fingerprint density at radius 3 is 2.67 bits per heavy atom. The average Bonchev–Trinajstić information content (AvgIpc) is 2.40. The number of unbranched alkanes of at least 4 members (excludes halogenated alkanes) is 1. The minimum absolute atomic E-state index is 0.149. The van der Waals surface area contributed by atoms with Crippen molar-refractivity contribution >= 4 is 11.6 Å². The minimum atomic E-state index is 0.149. The van der Waals surface area contributed by atoms with Crippen LogP contribution in [0.2, 0.25) is 5.28 Å². The smallest absolute Gasteiger partial charge is 0.243 e. The van der Waals surface area contributed by atoms with Crippen molar-refractivity contribution in [1.29, 1.82) is 0 Å². The molecule has 0 spiro atoms. The first-order chi connectivity index (χ1) is 8.79. The van der Waals surface area contributed by atoms with Crippen molar-refractivity contribution in [1.82, 2.24) is 15.2 Å². The van der Waals surface area contributed by atoms with E-state index in [-0.39, 0.29) is 5.28 Å². The van der Waals surface area contributed by atoms with Crippen LogP contribution in [0.5, 0.6) is 5.75 Å². The van der Waals surface area contributed by atoms with E-state index in [0.29, 0.717) is 5.69 Å². The highest BCUT2D eigenvalue weighted by Crippen LogP contribution is 2.20. The highest BCUT2D eigenvalue weighted by Gasteiger charge is 2.02. The van der Waals surface area contributed by atoms with Crippen LogP contribution in [0.15, 0.2) is 30.5 Å². The van der Waals surface area contributed by atoms with E-state index in [2.05, 4.69) is 22.1 Å². The van der Waals surface area contributed by atoms with Crippen LogP contribution in [0.4, 0.5) is 0 Å². The third-order valence-electron chi connectivity index (χ3n) is 2.45. The molecule has 1 aromatic carbocycles. The molecule has 18 heavy (non-hydrogen) atoms. The van der Waals surface area contributed by atoms with Gasteiger partial charge in [0.15, 0.2) is 0 Å². The van der Waals surface area contributed by atoms with Gasteiger partial charge in [-0.15, -0.1) is 5.10 Å². The maximum Gasteiger partial charge on any atom is 0.243 e. The number of rotatable bonds is 5. The summed E-state index contributed by atoms with van der Waals surface area (Å²) in [6.07, 6.45) is 3.77. The molecule has 1 aromatic heterocycles. The lowest BCUT2D eigenvalue weighted by Gasteiger charge is -2.06. The topological polar surface area (TPSA) is 47.9 Å². The number of ether oxygens (including phenoxy) is 1. The lowest BCUT2D eigenvalue weighted by atomic mass is 10.1. The quantitative estimate of drug-likeness (QED) is 0.776. The standard InChI is InChI=1S/C13H14ClN3O/c1-2-3-8-18-11-6-4-10(5-7-11)12-9-15-17-13(14)16-12/h4-7,9H,2-3,8H2,1H3. The fourth-order valence-electron chi connectivity index (χ4n) is 1.48. The van der Waals surface area contributed by atoms with E-state index in [1.54, 1.807) is 6.20 Å². The molecule has 0 radical (unpaired) electrons. The second-order valence-corrected chi connectivity index (χ2v) is 4.18. The Labute approximate surface area is 111 Å². The number of hydrogen-bond acceptors (Lipinski definition) is 4. The first-order valence-corrected chi connectivity index (χ1v) is 6.26. The van der Waals surface area contributed by atoms with Gasteiger partial charge in [0.25, 0.3) is 0 Å². The number of aromatic nitrogens is 3. The summed E-state index contributed by atoms with van der Waals surface area (Å²) < 4.78 is 5.59. The van der Waals surface area contributed by atoms with Gasteiger partial charge in [0.05, 0.1) is 18.5 Å². The van der Waals surface area contributed by atoms with Crippen LogP contribution < -0.4 is 4.74 Å². The second kappa shape index (κ2) is 6.31. The van der Waals surface area contributed by atoms with E-state index >= 15 is 0 Å². The molecule has 2 aromatic rings. The number of benzene rings is 1. The van der Waals surface area contributed by atoms with Gasteiger partial charge in [-0.05, 0) is 42.3 Å². The van der Waals surface area contributed by atoms with E-state index in [1.807, 2.05) is 24.3 Å². The zero-order valence-corrected chi connectivity index (χ0v) is 10.9. The van der Waals surface area contributed by atoms with Crippen LogP contribution in [-0.4, -0.2) is 21.8 Å². The molecule has 1 heterocycles. The first kappa shape index (κ1) is 12.8. The van der Waals surface area contributed by atoms with Gasteiger partial charge < -0.3 is 4.74 Å². The number of halogens is 1. The van der Waals surface area contributed by atoms with Crippen molar-refractivity contribution in [3.05, 3.63) is 35.7 Å². The van der Waals surface area contributed by atoms with E-state index in [1.165, 1.54) is 0 Å². The molecule has 94 valence electrons. The summed E-state index contributed by atoms with van der Waals surface area (Å²) in [4.78, 5) is 4.10. The Morgan fingerprint density at radius 2 is 2.00 bits per heavy atom. The first-order valence-electron chi connectivity index (χ1n) is 5.88. The fraction of sp³-hybridized carbons (Fsp3) is 0.308. The van der Waals surface area contributed by atoms with Gasteiger partial charge in [0, 0.05) is 5.56 Å². The summed E-state index contributed by atoms with van der Waals surface area (Å²) in [7, 11) is 0. The molecule has 0 unspecified atom stereocenters. The SMILES string of the molecule is CCCCOc1ccc(-c2cnnc(Cl)n2)cc1. The second-order valence-electron chi connectivity index (χ2n) is 3.84. The average molecular weight is 264 g/mol. The minimum Gasteiger partial charge on any atom is -0.494 e. The van der Waals surface area contributed by atoms with Gasteiger partial charge in [0.1, 0.15) is 5.75 Å². The summed E-state index contributed by atoms with van der Waals surface area (Å²) in [6.45, 7) is 2.88. The molecular formula is C13H14ClN3O. The third-order valence-corrected chi connectivity index (χ3v) is 2.61. The zero-order chi connectivity index (χ0) is 12.8. The maximum atomic E-state index is 5.70.